The van der Waals surface area contributed by atoms with E-state index in [-0.39, 0.29) is 6.03 Å². The number of nitrogens with one attached hydrogen (secondary N) is 1. The molecule has 0 saturated carbocycles. The van der Waals surface area contributed by atoms with Crippen molar-refractivity contribution >= 4 is 11.7 Å². The third kappa shape index (κ3) is 4.69. The van der Waals surface area contributed by atoms with E-state index in [1.54, 1.807) is 0 Å². The second-order valence-corrected chi connectivity index (χ2v) is 6.66. The van der Waals surface area contributed by atoms with Crippen LogP contribution in [0.1, 0.15) is 11.1 Å². The number of carbonyl (C=O) groups is 1. The summed E-state index contributed by atoms with van der Waals surface area (Å²) in [7, 11) is 0. The van der Waals surface area contributed by atoms with Gasteiger partial charge >= 0.3 is 6.03 Å². The highest BCUT2D eigenvalue weighted by Crippen LogP contribution is 2.18. The minimum atomic E-state index is -0.0118. The average Bonchev–Trinajstić information content (AvgIpc) is 2.66. The topological polar surface area (TPSA) is 44.8 Å². The number of hydrogen-bond donors (Lipinski definition) is 1. The standard InChI is InChI=1S/C21H27N3O2/c1-17-6-5-8-19(16-17)23-11-13-24(14-12-23)21(25)22-10-15-26-20-9-4-3-7-18(20)2/h3-9,16H,10-15H2,1-2H3,(H,22,25). The van der Waals surface area contributed by atoms with Crippen LogP contribution in [0.25, 0.3) is 0 Å². The molecule has 2 aromatic rings. The number of anilines is 1. The van der Waals surface area contributed by atoms with Gasteiger partial charge in [0.05, 0.1) is 6.54 Å². The van der Waals surface area contributed by atoms with Crippen LogP contribution < -0.4 is 15.0 Å². The van der Waals surface area contributed by atoms with E-state index in [1.807, 2.05) is 36.1 Å². The van der Waals surface area contributed by atoms with Crippen LogP contribution in [-0.2, 0) is 0 Å². The summed E-state index contributed by atoms with van der Waals surface area (Å²) in [5.74, 6) is 0.869. The number of para-hydroxylation sites is 1. The molecule has 1 aliphatic rings. The number of ether oxygens (including phenoxy) is 1. The van der Waals surface area contributed by atoms with E-state index in [9.17, 15) is 4.79 Å². The van der Waals surface area contributed by atoms with E-state index >= 15 is 0 Å². The van der Waals surface area contributed by atoms with Gasteiger partial charge in [-0.3, -0.25) is 0 Å². The minimum Gasteiger partial charge on any atom is -0.491 e. The van der Waals surface area contributed by atoms with Crippen molar-refractivity contribution in [1.82, 2.24) is 10.2 Å². The lowest BCUT2D eigenvalue weighted by atomic mass is 10.2. The van der Waals surface area contributed by atoms with Crippen LogP contribution in [0.5, 0.6) is 5.75 Å². The molecule has 0 atom stereocenters. The molecule has 0 aromatic heterocycles. The highest BCUT2D eigenvalue weighted by molar-refractivity contribution is 5.74. The molecule has 2 amide bonds. The number of urea groups is 1. The van der Waals surface area contributed by atoms with Gasteiger partial charge in [-0.15, -0.1) is 0 Å². The number of rotatable bonds is 5. The van der Waals surface area contributed by atoms with Crippen molar-refractivity contribution in [3.8, 4) is 5.75 Å². The molecule has 5 nitrogen and oxygen atoms in total. The third-order valence-electron chi connectivity index (χ3n) is 4.66. The molecule has 1 saturated heterocycles. The van der Waals surface area contributed by atoms with Crippen LogP contribution >= 0.6 is 0 Å². The fraction of sp³-hybridized carbons (Fsp3) is 0.381. The van der Waals surface area contributed by atoms with Crippen LogP contribution in [0.3, 0.4) is 0 Å². The summed E-state index contributed by atoms with van der Waals surface area (Å²) in [5.41, 5.74) is 3.60. The van der Waals surface area contributed by atoms with E-state index in [1.165, 1.54) is 11.3 Å². The van der Waals surface area contributed by atoms with Crippen molar-refractivity contribution in [2.24, 2.45) is 0 Å². The molecule has 0 aliphatic carbocycles. The highest BCUT2D eigenvalue weighted by atomic mass is 16.5. The molecule has 1 aliphatic heterocycles. The van der Waals surface area contributed by atoms with Crippen molar-refractivity contribution in [3.63, 3.8) is 0 Å². The summed E-state index contributed by atoms with van der Waals surface area (Å²) in [6.07, 6.45) is 0. The fourth-order valence-corrected chi connectivity index (χ4v) is 3.14. The van der Waals surface area contributed by atoms with Gasteiger partial charge in [0, 0.05) is 31.9 Å². The Balaban J connectivity index is 1.39. The van der Waals surface area contributed by atoms with Gasteiger partial charge in [-0.2, -0.15) is 0 Å². The monoisotopic (exact) mass is 353 g/mol. The molecule has 26 heavy (non-hydrogen) atoms. The van der Waals surface area contributed by atoms with E-state index < -0.39 is 0 Å². The van der Waals surface area contributed by atoms with Crippen molar-refractivity contribution < 1.29 is 9.53 Å². The lowest BCUT2D eigenvalue weighted by Crippen LogP contribution is -2.52. The van der Waals surface area contributed by atoms with Crippen molar-refractivity contribution in [2.45, 2.75) is 13.8 Å². The fourth-order valence-electron chi connectivity index (χ4n) is 3.14. The maximum atomic E-state index is 12.3. The Kier molecular flexibility index (Phi) is 6.00. The molecular weight excluding hydrogens is 326 g/mol. The average molecular weight is 353 g/mol. The first-order valence-electron chi connectivity index (χ1n) is 9.16. The van der Waals surface area contributed by atoms with Crippen LogP contribution in [-0.4, -0.2) is 50.3 Å². The first kappa shape index (κ1) is 18.1. The maximum absolute atomic E-state index is 12.3. The number of benzene rings is 2. The Morgan fingerprint density at radius 2 is 1.81 bits per heavy atom. The lowest BCUT2D eigenvalue weighted by Gasteiger charge is -2.36. The Morgan fingerprint density at radius 1 is 1.04 bits per heavy atom. The predicted octanol–water partition coefficient (Wildman–Crippen LogP) is 3.21. The number of amides is 2. The van der Waals surface area contributed by atoms with E-state index in [2.05, 4.69) is 41.4 Å². The number of hydrogen-bond acceptors (Lipinski definition) is 3. The number of piperazine rings is 1. The molecule has 0 unspecified atom stereocenters. The van der Waals surface area contributed by atoms with E-state index in [4.69, 9.17) is 4.74 Å². The Morgan fingerprint density at radius 3 is 2.54 bits per heavy atom. The van der Waals surface area contributed by atoms with Gasteiger partial charge in [0.1, 0.15) is 12.4 Å². The first-order valence-corrected chi connectivity index (χ1v) is 9.16. The first-order chi connectivity index (χ1) is 12.6. The zero-order chi connectivity index (χ0) is 18.4. The molecular formula is C21H27N3O2. The van der Waals surface area contributed by atoms with Gasteiger partial charge in [-0.1, -0.05) is 30.3 Å². The van der Waals surface area contributed by atoms with Crippen molar-refractivity contribution in [3.05, 3.63) is 59.7 Å². The van der Waals surface area contributed by atoms with E-state index in [0.717, 1.165) is 37.5 Å². The smallest absolute Gasteiger partial charge is 0.317 e. The van der Waals surface area contributed by atoms with E-state index in [0.29, 0.717) is 13.2 Å². The van der Waals surface area contributed by atoms with Crippen LogP contribution in [0.15, 0.2) is 48.5 Å². The largest absolute Gasteiger partial charge is 0.491 e. The molecule has 1 N–H and O–H groups in total. The normalized spacial score (nSPS) is 14.2. The summed E-state index contributed by atoms with van der Waals surface area (Å²) < 4.78 is 5.72. The Hall–Kier alpha value is -2.69. The van der Waals surface area contributed by atoms with Gasteiger partial charge in [-0.05, 0) is 43.2 Å². The highest BCUT2D eigenvalue weighted by Gasteiger charge is 2.21. The third-order valence-corrected chi connectivity index (χ3v) is 4.66. The second kappa shape index (κ2) is 8.61. The Bertz CT molecular complexity index is 740. The molecule has 5 heteroatoms. The molecule has 0 bridgehead atoms. The van der Waals surface area contributed by atoms with Crippen LogP contribution in [0.4, 0.5) is 10.5 Å². The van der Waals surface area contributed by atoms with Gasteiger partial charge in [0.25, 0.3) is 0 Å². The summed E-state index contributed by atoms with van der Waals surface area (Å²) in [4.78, 5) is 16.5. The van der Waals surface area contributed by atoms with Gasteiger partial charge in [0.15, 0.2) is 0 Å². The second-order valence-electron chi connectivity index (χ2n) is 6.66. The SMILES string of the molecule is Cc1cccc(N2CCN(C(=O)NCCOc3ccccc3C)CC2)c1. The number of carbonyl (C=O) groups excluding carboxylic acids is 1. The predicted molar refractivity (Wildman–Crippen MR) is 105 cm³/mol. The zero-order valence-corrected chi connectivity index (χ0v) is 15.6. The molecule has 138 valence electrons. The quantitative estimate of drug-likeness (QED) is 0.840. The molecule has 1 heterocycles. The van der Waals surface area contributed by atoms with Crippen LogP contribution in [0.2, 0.25) is 0 Å². The minimum absolute atomic E-state index is 0.0118. The van der Waals surface area contributed by atoms with Gasteiger partial charge in [-0.25, -0.2) is 4.79 Å². The van der Waals surface area contributed by atoms with Gasteiger partial charge in [0.2, 0.25) is 0 Å². The van der Waals surface area contributed by atoms with Crippen molar-refractivity contribution in [1.29, 1.82) is 0 Å². The Labute approximate surface area is 155 Å². The maximum Gasteiger partial charge on any atom is 0.317 e. The summed E-state index contributed by atoms with van der Waals surface area (Å²) in [6, 6.07) is 16.4. The number of nitrogens with zero attached hydrogens (tertiary/aromatic N) is 2. The van der Waals surface area contributed by atoms with Crippen LogP contribution in [0, 0.1) is 13.8 Å². The summed E-state index contributed by atoms with van der Waals surface area (Å²) in [6.45, 7) is 8.28. The molecule has 2 aromatic carbocycles. The lowest BCUT2D eigenvalue weighted by molar-refractivity contribution is 0.191. The zero-order valence-electron chi connectivity index (χ0n) is 15.6. The number of aryl methyl sites for hydroxylation is 2. The molecule has 0 radical (unpaired) electrons. The summed E-state index contributed by atoms with van der Waals surface area (Å²) in [5, 5.41) is 2.95. The molecule has 3 rings (SSSR count). The summed E-state index contributed by atoms with van der Waals surface area (Å²) >= 11 is 0. The van der Waals surface area contributed by atoms with Gasteiger partial charge < -0.3 is 19.9 Å². The molecule has 0 spiro atoms. The van der Waals surface area contributed by atoms with Crippen molar-refractivity contribution in [2.75, 3.05) is 44.2 Å². The molecule has 1 fully saturated rings.